The molecule has 0 saturated carbocycles. The molecule has 0 unspecified atom stereocenters. The van der Waals surface area contributed by atoms with Crippen molar-refractivity contribution in [3.8, 4) is 5.75 Å². The summed E-state index contributed by atoms with van der Waals surface area (Å²) in [6.45, 7) is 7.15. The molecule has 0 aliphatic rings. The average molecular weight is 227 g/mol. The van der Waals surface area contributed by atoms with Gasteiger partial charge in [-0.2, -0.15) is 0 Å². The summed E-state index contributed by atoms with van der Waals surface area (Å²) in [5.74, 6) is -0.337. The van der Waals surface area contributed by atoms with Crippen molar-refractivity contribution in [2.45, 2.75) is 6.61 Å². The van der Waals surface area contributed by atoms with Crippen molar-refractivity contribution in [3.05, 3.63) is 71.3 Å². The summed E-state index contributed by atoms with van der Waals surface area (Å²) < 4.78 is 18.7. The maximum absolute atomic E-state index is 13.4. The summed E-state index contributed by atoms with van der Waals surface area (Å²) in [6.07, 6.45) is 0. The second kappa shape index (κ2) is 5.13. The van der Waals surface area contributed by atoms with Crippen molar-refractivity contribution in [3.63, 3.8) is 0 Å². The summed E-state index contributed by atoms with van der Waals surface area (Å²) in [6, 6.07) is 13.6. The van der Waals surface area contributed by atoms with Gasteiger partial charge in [-0.1, -0.05) is 36.4 Å². The zero-order valence-corrected chi connectivity index (χ0v) is 9.06. The van der Waals surface area contributed by atoms with Gasteiger partial charge in [-0.3, -0.25) is 0 Å². The predicted molar refractivity (Wildman–Crippen MR) is 63.4 cm³/mol. The number of benzene rings is 2. The van der Waals surface area contributed by atoms with E-state index in [9.17, 15) is 4.39 Å². The maximum atomic E-state index is 13.4. The van der Waals surface area contributed by atoms with E-state index in [1.54, 1.807) is 0 Å². The van der Waals surface area contributed by atoms with Gasteiger partial charge in [0, 0.05) is 0 Å². The molecule has 2 aromatic rings. The van der Waals surface area contributed by atoms with Crippen LogP contribution in [0.2, 0.25) is 0 Å². The van der Waals surface area contributed by atoms with Crippen LogP contribution >= 0.6 is 0 Å². The van der Waals surface area contributed by atoms with E-state index >= 15 is 0 Å². The largest absolute Gasteiger partial charge is 0.487 e. The van der Waals surface area contributed by atoms with Crippen LogP contribution in [0.25, 0.3) is 4.85 Å². The summed E-state index contributed by atoms with van der Waals surface area (Å²) in [7, 11) is 0. The van der Waals surface area contributed by atoms with Gasteiger partial charge in [0.25, 0.3) is 0 Å². The van der Waals surface area contributed by atoms with Gasteiger partial charge in [-0.25, -0.2) is 9.24 Å². The third kappa shape index (κ3) is 2.82. The van der Waals surface area contributed by atoms with E-state index in [0.29, 0.717) is 12.3 Å². The molecular weight excluding hydrogens is 217 g/mol. The fraction of sp³-hybridized carbons (Fsp3) is 0.0714. The van der Waals surface area contributed by atoms with E-state index in [1.807, 2.05) is 30.3 Å². The van der Waals surface area contributed by atoms with E-state index in [-0.39, 0.29) is 5.75 Å². The van der Waals surface area contributed by atoms with E-state index in [0.717, 1.165) is 5.56 Å². The molecule has 0 aromatic heterocycles. The highest BCUT2D eigenvalue weighted by Gasteiger charge is 2.04. The van der Waals surface area contributed by atoms with Crippen LogP contribution in [-0.2, 0) is 6.61 Å². The first-order valence-corrected chi connectivity index (χ1v) is 5.13. The minimum atomic E-state index is -0.451. The molecule has 0 spiro atoms. The van der Waals surface area contributed by atoms with Crippen molar-refractivity contribution in [2.75, 3.05) is 0 Å². The first-order valence-electron chi connectivity index (χ1n) is 5.13. The Hall–Kier alpha value is -2.34. The molecule has 0 N–H and O–H groups in total. The van der Waals surface area contributed by atoms with Gasteiger partial charge >= 0.3 is 0 Å². The van der Waals surface area contributed by atoms with E-state index in [2.05, 4.69) is 4.85 Å². The number of hydrogen-bond acceptors (Lipinski definition) is 1. The first-order chi connectivity index (χ1) is 8.29. The summed E-state index contributed by atoms with van der Waals surface area (Å²) in [5, 5.41) is 0. The molecule has 3 heteroatoms. The minimum absolute atomic E-state index is 0.113. The number of halogens is 1. The molecule has 2 rings (SSSR count). The third-order valence-corrected chi connectivity index (χ3v) is 2.28. The van der Waals surface area contributed by atoms with Crippen LogP contribution in [-0.4, -0.2) is 0 Å². The van der Waals surface area contributed by atoms with Crippen LogP contribution in [0, 0.1) is 12.4 Å². The smallest absolute Gasteiger partial charge is 0.191 e. The average Bonchev–Trinajstić information content (AvgIpc) is 2.39. The van der Waals surface area contributed by atoms with Crippen LogP contribution in [0.15, 0.2) is 48.5 Å². The molecule has 2 nitrogen and oxygen atoms in total. The van der Waals surface area contributed by atoms with Gasteiger partial charge in [0.2, 0.25) is 0 Å². The molecule has 0 saturated heterocycles. The SMILES string of the molecule is [C-]#[N+]c1ccc(F)c(OCc2ccccc2)c1. The third-order valence-electron chi connectivity index (χ3n) is 2.28. The van der Waals surface area contributed by atoms with E-state index < -0.39 is 5.82 Å². The standard InChI is InChI=1S/C14H10FNO/c1-16-12-7-8-13(15)14(9-12)17-10-11-5-3-2-4-6-11/h2-9H,10H2. The van der Waals surface area contributed by atoms with Crippen LogP contribution in [0.4, 0.5) is 10.1 Å². The number of hydrogen-bond donors (Lipinski definition) is 0. The Bertz CT molecular complexity index is 546. The van der Waals surface area contributed by atoms with Gasteiger partial charge in [0.05, 0.1) is 6.57 Å². The molecule has 0 amide bonds. The van der Waals surface area contributed by atoms with Crippen molar-refractivity contribution in [2.24, 2.45) is 0 Å². The Morgan fingerprint density at radius 1 is 1.12 bits per heavy atom. The topological polar surface area (TPSA) is 13.6 Å². The minimum Gasteiger partial charge on any atom is -0.487 e. The normalized spacial score (nSPS) is 9.65. The highest BCUT2D eigenvalue weighted by molar-refractivity contribution is 5.49. The van der Waals surface area contributed by atoms with E-state index in [4.69, 9.17) is 11.3 Å². The monoisotopic (exact) mass is 227 g/mol. The molecular formula is C14H10FNO. The molecule has 0 radical (unpaired) electrons. The highest BCUT2D eigenvalue weighted by atomic mass is 19.1. The summed E-state index contributed by atoms with van der Waals surface area (Å²) in [4.78, 5) is 3.23. The van der Waals surface area contributed by atoms with Crippen LogP contribution in [0.1, 0.15) is 5.56 Å². The molecule has 17 heavy (non-hydrogen) atoms. The number of nitrogens with zero attached hydrogens (tertiary/aromatic N) is 1. The zero-order valence-electron chi connectivity index (χ0n) is 9.06. The van der Waals surface area contributed by atoms with Gasteiger partial charge in [0.15, 0.2) is 11.5 Å². The lowest BCUT2D eigenvalue weighted by atomic mass is 10.2. The van der Waals surface area contributed by atoms with E-state index in [1.165, 1.54) is 18.2 Å². The molecule has 0 bridgehead atoms. The predicted octanol–water partition coefficient (Wildman–Crippen LogP) is 3.96. The molecule has 0 atom stereocenters. The molecule has 0 aliphatic carbocycles. The van der Waals surface area contributed by atoms with Crippen molar-refractivity contribution >= 4 is 5.69 Å². The second-order valence-corrected chi connectivity index (χ2v) is 3.50. The van der Waals surface area contributed by atoms with Crippen molar-refractivity contribution in [1.82, 2.24) is 0 Å². The lowest BCUT2D eigenvalue weighted by molar-refractivity contribution is 0.290. The zero-order chi connectivity index (χ0) is 12.1. The molecule has 0 aliphatic heterocycles. The van der Waals surface area contributed by atoms with Crippen molar-refractivity contribution in [1.29, 1.82) is 0 Å². The fourth-order valence-electron chi connectivity index (χ4n) is 1.41. The lowest BCUT2D eigenvalue weighted by Gasteiger charge is -2.07. The van der Waals surface area contributed by atoms with Crippen LogP contribution < -0.4 is 4.74 Å². The molecule has 2 aromatic carbocycles. The Kier molecular flexibility index (Phi) is 3.37. The van der Waals surface area contributed by atoms with Gasteiger partial charge in [0.1, 0.15) is 12.4 Å². The Morgan fingerprint density at radius 3 is 2.59 bits per heavy atom. The Morgan fingerprint density at radius 2 is 1.88 bits per heavy atom. The number of ether oxygens (including phenoxy) is 1. The van der Waals surface area contributed by atoms with Crippen molar-refractivity contribution < 1.29 is 9.13 Å². The quantitative estimate of drug-likeness (QED) is 0.724. The van der Waals surface area contributed by atoms with Gasteiger partial charge < -0.3 is 4.74 Å². The molecule has 0 heterocycles. The summed E-state index contributed by atoms with van der Waals surface area (Å²) >= 11 is 0. The summed E-state index contributed by atoms with van der Waals surface area (Å²) in [5.41, 5.74) is 1.33. The maximum Gasteiger partial charge on any atom is 0.191 e. The van der Waals surface area contributed by atoms with Crippen LogP contribution in [0.5, 0.6) is 5.75 Å². The second-order valence-electron chi connectivity index (χ2n) is 3.50. The fourth-order valence-corrected chi connectivity index (χ4v) is 1.41. The van der Waals surface area contributed by atoms with Gasteiger partial charge in [-0.05, 0) is 17.7 Å². The number of rotatable bonds is 3. The Labute approximate surface area is 99.1 Å². The molecule has 84 valence electrons. The Balaban J connectivity index is 2.12. The van der Waals surface area contributed by atoms with Crippen LogP contribution in [0.3, 0.4) is 0 Å². The molecule has 0 fully saturated rings. The highest BCUT2D eigenvalue weighted by Crippen LogP contribution is 2.24. The van der Waals surface area contributed by atoms with Gasteiger partial charge in [-0.15, -0.1) is 0 Å². The first kappa shape index (κ1) is 11.2. The lowest BCUT2D eigenvalue weighted by Crippen LogP contribution is -1.96.